The van der Waals surface area contributed by atoms with E-state index in [1.807, 2.05) is 0 Å². The lowest BCUT2D eigenvalue weighted by Crippen LogP contribution is -2.11. The molecule has 0 aliphatic heterocycles. The molecule has 0 fully saturated rings. The highest BCUT2D eigenvalue weighted by Crippen LogP contribution is 2.18. The van der Waals surface area contributed by atoms with Gasteiger partial charge in [-0.3, -0.25) is 0 Å². The fourth-order valence-corrected chi connectivity index (χ4v) is 1.24. The molecular formula is C11H25N. The molecular weight excluding hydrogens is 146 g/mol. The van der Waals surface area contributed by atoms with Crippen LogP contribution in [0.3, 0.4) is 0 Å². The van der Waals surface area contributed by atoms with Gasteiger partial charge in [0.2, 0.25) is 0 Å². The van der Waals surface area contributed by atoms with E-state index in [1.54, 1.807) is 0 Å². The van der Waals surface area contributed by atoms with Gasteiger partial charge < -0.3 is 5.73 Å². The molecule has 0 aromatic heterocycles. The van der Waals surface area contributed by atoms with Gasteiger partial charge >= 0.3 is 0 Å². The Morgan fingerprint density at radius 1 is 1.00 bits per heavy atom. The average Bonchev–Trinajstić information content (AvgIpc) is 2.03. The molecule has 1 nitrogen and oxygen atoms in total. The lowest BCUT2D eigenvalue weighted by Gasteiger charge is -2.16. The molecule has 0 aromatic carbocycles. The lowest BCUT2D eigenvalue weighted by atomic mass is 9.91. The van der Waals surface area contributed by atoms with E-state index in [0.29, 0.717) is 5.92 Å². The summed E-state index contributed by atoms with van der Waals surface area (Å²) >= 11 is 0. The van der Waals surface area contributed by atoms with Crippen LogP contribution in [0.4, 0.5) is 0 Å². The Balaban J connectivity index is 3.30. The van der Waals surface area contributed by atoms with Gasteiger partial charge in [0.15, 0.2) is 0 Å². The predicted molar refractivity (Wildman–Crippen MR) is 56.1 cm³/mol. The maximum Gasteiger partial charge on any atom is -0.00515 e. The SMILES string of the molecule is CC(CN)CCCC(C)C(C)C. The predicted octanol–water partition coefficient (Wildman–Crippen LogP) is 3.04. The van der Waals surface area contributed by atoms with Crippen molar-refractivity contribution in [3.63, 3.8) is 0 Å². The van der Waals surface area contributed by atoms with Crippen molar-refractivity contribution < 1.29 is 0 Å². The zero-order valence-electron chi connectivity index (χ0n) is 9.14. The minimum Gasteiger partial charge on any atom is -0.330 e. The third-order valence-electron chi connectivity index (χ3n) is 2.90. The zero-order valence-corrected chi connectivity index (χ0v) is 9.14. The summed E-state index contributed by atoms with van der Waals surface area (Å²) < 4.78 is 0. The van der Waals surface area contributed by atoms with E-state index in [0.717, 1.165) is 18.4 Å². The summed E-state index contributed by atoms with van der Waals surface area (Å²) in [5.41, 5.74) is 5.55. The van der Waals surface area contributed by atoms with E-state index < -0.39 is 0 Å². The number of nitrogens with two attached hydrogens (primary N) is 1. The summed E-state index contributed by atoms with van der Waals surface area (Å²) in [6, 6.07) is 0. The van der Waals surface area contributed by atoms with E-state index >= 15 is 0 Å². The van der Waals surface area contributed by atoms with Crippen LogP contribution in [0.2, 0.25) is 0 Å². The molecule has 0 bridgehead atoms. The maximum atomic E-state index is 5.55. The number of hydrogen-bond donors (Lipinski definition) is 1. The van der Waals surface area contributed by atoms with Crippen molar-refractivity contribution in [2.45, 2.75) is 47.0 Å². The quantitative estimate of drug-likeness (QED) is 0.653. The van der Waals surface area contributed by atoms with Crippen molar-refractivity contribution in [3.05, 3.63) is 0 Å². The van der Waals surface area contributed by atoms with Crippen molar-refractivity contribution in [1.29, 1.82) is 0 Å². The largest absolute Gasteiger partial charge is 0.330 e. The van der Waals surface area contributed by atoms with Crippen LogP contribution in [-0.2, 0) is 0 Å². The van der Waals surface area contributed by atoms with Crippen LogP contribution in [0.5, 0.6) is 0 Å². The Bertz CT molecular complexity index is 99.2. The Labute approximate surface area is 77.7 Å². The molecule has 74 valence electrons. The van der Waals surface area contributed by atoms with Crippen LogP contribution in [0.25, 0.3) is 0 Å². The van der Waals surface area contributed by atoms with E-state index in [-0.39, 0.29) is 0 Å². The van der Waals surface area contributed by atoms with Gasteiger partial charge in [0.25, 0.3) is 0 Å². The minimum absolute atomic E-state index is 0.712. The summed E-state index contributed by atoms with van der Waals surface area (Å²) in [5.74, 6) is 2.41. The topological polar surface area (TPSA) is 26.0 Å². The van der Waals surface area contributed by atoms with Gasteiger partial charge in [-0.25, -0.2) is 0 Å². The second-order valence-electron chi connectivity index (χ2n) is 4.49. The summed E-state index contributed by atoms with van der Waals surface area (Å²) in [7, 11) is 0. The molecule has 12 heavy (non-hydrogen) atoms. The highest BCUT2D eigenvalue weighted by atomic mass is 14.5. The Hall–Kier alpha value is -0.0400. The summed E-state index contributed by atoms with van der Waals surface area (Å²) in [4.78, 5) is 0. The van der Waals surface area contributed by atoms with Crippen molar-refractivity contribution in [1.82, 2.24) is 0 Å². The molecule has 0 aliphatic rings. The first kappa shape index (κ1) is 12.0. The number of hydrogen-bond acceptors (Lipinski definition) is 1. The second kappa shape index (κ2) is 6.47. The molecule has 0 amide bonds. The molecule has 0 heterocycles. The molecule has 2 atom stereocenters. The van der Waals surface area contributed by atoms with Crippen LogP contribution in [-0.4, -0.2) is 6.54 Å². The van der Waals surface area contributed by atoms with Gasteiger partial charge in [0.05, 0.1) is 0 Å². The standard InChI is InChI=1S/C11H25N/c1-9(2)11(4)7-5-6-10(3)8-12/h9-11H,5-8,12H2,1-4H3. The van der Waals surface area contributed by atoms with Gasteiger partial charge in [0.1, 0.15) is 0 Å². The maximum absolute atomic E-state index is 5.55. The third-order valence-corrected chi connectivity index (χ3v) is 2.90. The molecule has 2 N–H and O–H groups in total. The second-order valence-corrected chi connectivity index (χ2v) is 4.49. The number of rotatable bonds is 6. The molecule has 0 rings (SSSR count). The Morgan fingerprint density at radius 2 is 1.58 bits per heavy atom. The first-order valence-corrected chi connectivity index (χ1v) is 5.28. The van der Waals surface area contributed by atoms with Crippen molar-refractivity contribution in [2.24, 2.45) is 23.5 Å². The first-order valence-electron chi connectivity index (χ1n) is 5.28. The normalized spacial score (nSPS) is 16.5. The van der Waals surface area contributed by atoms with Crippen LogP contribution < -0.4 is 5.73 Å². The molecule has 2 unspecified atom stereocenters. The molecule has 0 spiro atoms. The smallest absolute Gasteiger partial charge is 0.00515 e. The molecule has 0 aliphatic carbocycles. The summed E-state index contributed by atoms with van der Waals surface area (Å²) in [6.45, 7) is 10.0. The van der Waals surface area contributed by atoms with Crippen molar-refractivity contribution in [3.8, 4) is 0 Å². The van der Waals surface area contributed by atoms with Crippen molar-refractivity contribution >= 4 is 0 Å². The monoisotopic (exact) mass is 171 g/mol. The van der Waals surface area contributed by atoms with Gasteiger partial charge in [0, 0.05) is 0 Å². The van der Waals surface area contributed by atoms with Gasteiger partial charge in [-0.15, -0.1) is 0 Å². The first-order chi connectivity index (χ1) is 5.57. The minimum atomic E-state index is 0.712. The van der Waals surface area contributed by atoms with Gasteiger partial charge in [-0.2, -0.15) is 0 Å². The Morgan fingerprint density at radius 3 is 2.00 bits per heavy atom. The third kappa shape index (κ3) is 5.59. The summed E-state index contributed by atoms with van der Waals surface area (Å²) in [5, 5.41) is 0. The van der Waals surface area contributed by atoms with E-state index in [1.165, 1.54) is 19.3 Å². The van der Waals surface area contributed by atoms with E-state index in [9.17, 15) is 0 Å². The van der Waals surface area contributed by atoms with Gasteiger partial charge in [-0.1, -0.05) is 40.5 Å². The van der Waals surface area contributed by atoms with Crippen LogP contribution in [0.1, 0.15) is 47.0 Å². The molecule has 1 heteroatoms. The average molecular weight is 171 g/mol. The lowest BCUT2D eigenvalue weighted by molar-refractivity contribution is 0.363. The highest BCUT2D eigenvalue weighted by Gasteiger charge is 2.07. The van der Waals surface area contributed by atoms with Crippen LogP contribution >= 0.6 is 0 Å². The molecule has 0 radical (unpaired) electrons. The van der Waals surface area contributed by atoms with Gasteiger partial charge in [-0.05, 0) is 30.7 Å². The van der Waals surface area contributed by atoms with E-state index in [4.69, 9.17) is 5.73 Å². The van der Waals surface area contributed by atoms with Crippen LogP contribution in [0, 0.1) is 17.8 Å². The Kier molecular flexibility index (Phi) is 6.45. The molecule has 0 aromatic rings. The molecule has 0 saturated heterocycles. The zero-order chi connectivity index (χ0) is 9.56. The fourth-order valence-electron chi connectivity index (χ4n) is 1.24. The highest BCUT2D eigenvalue weighted by molar-refractivity contribution is 4.59. The fraction of sp³-hybridized carbons (Fsp3) is 1.00. The van der Waals surface area contributed by atoms with Crippen LogP contribution in [0.15, 0.2) is 0 Å². The summed E-state index contributed by atoms with van der Waals surface area (Å²) in [6.07, 6.45) is 4.01. The van der Waals surface area contributed by atoms with E-state index in [2.05, 4.69) is 27.7 Å². The van der Waals surface area contributed by atoms with Crippen molar-refractivity contribution in [2.75, 3.05) is 6.54 Å². The molecule has 0 saturated carbocycles.